The van der Waals surface area contributed by atoms with Crippen LogP contribution in [-0.4, -0.2) is 35.7 Å². The first-order valence-electron chi connectivity index (χ1n) is 4.45. The zero-order valence-electron chi connectivity index (χ0n) is 6.79. The second-order valence-corrected chi connectivity index (χ2v) is 3.42. The fourth-order valence-corrected chi connectivity index (χ4v) is 2.24. The van der Waals surface area contributed by atoms with Crippen LogP contribution in [0.25, 0.3) is 0 Å². The van der Waals surface area contributed by atoms with Gasteiger partial charge in [-0.15, -0.1) is 0 Å². The molecule has 1 atom stereocenters. The molecule has 0 aromatic heterocycles. The van der Waals surface area contributed by atoms with E-state index in [4.69, 9.17) is 5.11 Å². The lowest BCUT2D eigenvalue weighted by molar-refractivity contribution is 0.237. The van der Waals surface area contributed by atoms with Crippen LogP contribution >= 0.6 is 0 Å². The summed E-state index contributed by atoms with van der Waals surface area (Å²) in [6, 6.07) is 0.591. The molecule has 1 fully saturated rings. The third-order valence-electron chi connectivity index (χ3n) is 2.80. The fraction of sp³-hybridized carbons (Fsp3) is 0.778. The highest BCUT2D eigenvalue weighted by molar-refractivity contribution is 5.16. The van der Waals surface area contributed by atoms with E-state index in [1.54, 1.807) is 0 Å². The number of fused-ring (bicyclic) bond motifs is 1. The summed E-state index contributed by atoms with van der Waals surface area (Å²) in [7, 11) is 0. The second kappa shape index (κ2) is 2.95. The Hall–Kier alpha value is -0.340. The van der Waals surface area contributed by atoms with Gasteiger partial charge >= 0.3 is 0 Å². The Bertz CT molecular complexity index is 176. The highest BCUT2D eigenvalue weighted by atomic mass is 16.3. The molecule has 2 heterocycles. The molecule has 0 amide bonds. The minimum absolute atomic E-state index is 0.265. The Morgan fingerprint density at radius 3 is 3.27 bits per heavy atom. The second-order valence-electron chi connectivity index (χ2n) is 3.42. The van der Waals surface area contributed by atoms with Crippen molar-refractivity contribution in [1.82, 2.24) is 4.90 Å². The molecule has 1 saturated heterocycles. The van der Waals surface area contributed by atoms with Crippen molar-refractivity contribution in [3.8, 4) is 0 Å². The highest BCUT2D eigenvalue weighted by Crippen LogP contribution is 2.27. The fourth-order valence-electron chi connectivity index (χ4n) is 2.24. The van der Waals surface area contributed by atoms with Crippen molar-refractivity contribution in [3.05, 3.63) is 11.6 Å². The van der Waals surface area contributed by atoms with Crippen LogP contribution in [0.5, 0.6) is 0 Å². The molecule has 0 radical (unpaired) electrons. The molecular weight excluding hydrogens is 138 g/mol. The maximum Gasteiger partial charge on any atom is 0.0656 e. The molecular formula is C9H15NO. The largest absolute Gasteiger partial charge is 0.392 e. The van der Waals surface area contributed by atoms with Crippen molar-refractivity contribution < 1.29 is 5.11 Å². The highest BCUT2D eigenvalue weighted by Gasteiger charge is 2.28. The van der Waals surface area contributed by atoms with Crippen LogP contribution in [0.4, 0.5) is 0 Å². The molecule has 0 aromatic carbocycles. The van der Waals surface area contributed by atoms with Gasteiger partial charge in [0.1, 0.15) is 0 Å². The molecule has 0 saturated carbocycles. The molecule has 0 unspecified atom stereocenters. The normalized spacial score (nSPS) is 31.7. The van der Waals surface area contributed by atoms with E-state index in [-0.39, 0.29) is 6.61 Å². The van der Waals surface area contributed by atoms with Crippen LogP contribution in [0.3, 0.4) is 0 Å². The van der Waals surface area contributed by atoms with Gasteiger partial charge in [-0.25, -0.2) is 0 Å². The first-order chi connectivity index (χ1) is 5.42. The van der Waals surface area contributed by atoms with Crippen LogP contribution < -0.4 is 0 Å². The van der Waals surface area contributed by atoms with Crippen molar-refractivity contribution in [2.45, 2.75) is 25.3 Å². The molecule has 2 nitrogen and oxygen atoms in total. The maximum atomic E-state index is 9.04. The molecule has 0 bridgehead atoms. The molecule has 0 aromatic rings. The van der Waals surface area contributed by atoms with Crippen molar-refractivity contribution in [1.29, 1.82) is 0 Å². The summed E-state index contributed by atoms with van der Waals surface area (Å²) in [6.45, 7) is 2.71. The molecule has 0 aliphatic carbocycles. The number of nitrogens with zero attached hydrogens (tertiary/aromatic N) is 1. The van der Waals surface area contributed by atoms with E-state index in [1.807, 2.05) is 0 Å². The van der Waals surface area contributed by atoms with E-state index in [1.165, 1.54) is 31.5 Å². The van der Waals surface area contributed by atoms with Crippen LogP contribution in [0.2, 0.25) is 0 Å². The van der Waals surface area contributed by atoms with E-state index in [9.17, 15) is 0 Å². The van der Waals surface area contributed by atoms with E-state index < -0.39 is 0 Å². The van der Waals surface area contributed by atoms with E-state index in [2.05, 4.69) is 11.0 Å². The number of aliphatic hydroxyl groups is 1. The summed E-state index contributed by atoms with van der Waals surface area (Å²) in [5, 5.41) is 9.04. The Kier molecular flexibility index (Phi) is 1.96. The van der Waals surface area contributed by atoms with E-state index in [0.717, 1.165) is 6.42 Å². The summed E-state index contributed by atoms with van der Waals surface area (Å²) >= 11 is 0. The van der Waals surface area contributed by atoms with Gasteiger partial charge in [0.25, 0.3) is 0 Å². The minimum atomic E-state index is 0.265. The third-order valence-corrected chi connectivity index (χ3v) is 2.80. The SMILES string of the molecule is OCC1=CCCN2CCC[C@H]12. The number of aliphatic hydroxyl groups excluding tert-OH is 1. The van der Waals surface area contributed by atoms with Crippen molar-refractivity contribution in [3.63, 3.8) is 0 Å². The van der Waals surface area contributed by atoms with Gasteiger partial charge in [-0.3, -0.25) is 4.90 Å². The summed E-state index contributed by atoms with van der Waals surface area (Å²) in [4.78, 5) is 2.49. The monoisotopic (exact) mass is 153 g/mol. The predicted molar refractivity (Wildman–Crippen MR) is 44.4 cm³/mol. The van der Waals surface area contributed by atoms with Crippen LogP contribution in [-0.2, 0) is 0 Å². The lowest BCUT2D eigenvalue weighted by atomic mass is 10.0. The molecule has 11 heavy (non-hydrogen) atoms. The Balaban J connectivity index is 2.13. The van der Waals surface area contributed by atoms with Crippen molar-refractivity contribution in [2.24, 2.45) is 0 Å². The molecule has 2 aliphatic rings. The van der Waals surface area contributed by atoms with Crippen LogP contribution in [0.1, 0.15) is 19.3 Å². The predicted octanol–water partition coefficient (Wildman–Crippen LogP) is 0.773. The average molecular weight is 153 g/mol. The van der Waals surface area contributed by atoms with Crippen LogP contribution in [0, 0.1) is 0 Å². The summed E-state index contributed by atoms with van der Waals surface area (Å²) in [5.41, 5.74) is 1.26. The Morgan fingerprint density at radius 2 is 2.45 bits per heavy atom. The first-order valence-corrected chi connectivity index (χ1v) is 4.45. The quantitative estimate of drug-likeness (QED) is 0.562. The standard InChI is InChI=1S/C9H15NO/c11-7-8-3-1-5-10-6-2-4-9(8)10/h3,9,11H,1-2,4-7H2/t9-/m1/s1. The lowest BCUT2D eigenvalue weighted by Gasteiger charge is -2.29. The summed E-state index contributed by atoms with van der Waals surface area (Å²) in [5.74, 6) is 0. The third kappa shape index (κ3) is 1.21. The van der Waals surface area contributed by atoms with Gasteiger partial charge in [-0.1, -0.05) is 6.08 Å². The van der Waals surface area contributed by atoms with Gasteiger partial charge in [0.15, 0.2) is 0 Å². The van der Waals surface area contributed by atoms with Crippen molar-refractivity contribution in [2.75, 3.05) is 19.7 Å². The summed E-state index contributed by atoms with van der Waals surface area (Å²) in [6.07, 6.45) is 5.91. The molecule has 2 heteroatoms. The molecule has 2 rings (SSSR count). The number of hydrogen-bond acceptors (Lipinski definition) is 2. The van der Waals surface area contributed by atoms with E-state index in [0.29, 0.717) is 6.04 Å². The van der Waals surface area contributed by atoms with Gasteiger partial charge in [0.2, 0.25) is 0 Å². The number of rotatable bonds is 1. The van der Waals surface area contributed by atoms with Crippen molar-refractivity contribution >= 4 is 0 Å². The zero-order chi connectivity index (χ0) is 7.68. The Morgan fingerprint density at radius 1 is 1.55 bits per heavy atom. The van der Waals surface area contributed by atoms with Gasteiger partial charge in [0, 0.05) is 12.6 Å². The smallest absolute Gasteiger partial charge is 0.0656 e. The Labute approximate surface area is 67.5 Å². The summed E-state index contributed by atoms with van der Waals surface area (Å²) < 4.78 is 0. The molecule has 2 aliphatic heterocycles. The van der Waals surface area contributed by atoms with Gasteiger partial charge in [-0.2, -0.15) is 0 Å². The maximum absolute atomic E-state index is 9.04. The van der Waals surface area contributed by atoms with Gasteiger partial charge in [-0.05, 0) is 31.4 Å². The van der Waals surface area contributed by atoms with Gasteiger partial charge < -0.3 is 5.11 Å². The van der Waals surface area contributed by atoms with E-state index >= 15 is 0 Å². The molecule has 1 N–H and O–H groups in total. The molecule has 62 valence electrons. The average Bonchev–Trinajstić information content (AvgIpc) is 2.50. The molecule has 0 spiro atoms. The zero-order valence-corrected chi connectivity index (χ0v) is 6.79. The first kappa shape index (κ1) is 7.32. The van der Waals surface area contributed by atoms with Gasteiger partial charge in [0.05, 0.1) is 6.61 Å². The van der Waals surface area contributed by atoms with Crippen LogP contribution in [0.15, 0.2) is 11.6 Å². The topological polar surface area (TPSA) is 23.5 Å². The minimum Gasteiger partial charge on any atom is -0.392 e. The lowest BCUT2D eigenvalue weighted by Crippen LogP contribution is -2.35. The number of hydrogen-bond donors (Lipinski definition) is 1.